The summed E-state index contributed by atoms with van der Waals surface area (Å²) in [6, 6.07) is 10.2. The normalized spacial score (nSPS) is 17.4. The maximum Gasteiger partial charge on any atom is 0.0942 e. The first-order valence-corrected chi connectivity index (χ1v) is 9.35. The number of aliphatic hydroxyl groups is 1. The van der Waals surface area contributed by atoms with Crippen LogP contribution in [0.5, 0.6) is 0 Å². The fraction of sp³-hybridized carbons (Fsp3) is 0.700. The van der Waals surface area contributed by atoms with Crippen LogP contribution in [0.3, 0.4) is 0 Å². The smallest absolute Gasteiger partial charge is 0.0942 e. The molecule has 0 spiro atoms. The molecule has 25 heavy (non-hydrogen) atoms. The number of halogens is 2. The number of aliphatic hydroxyl groups excluding tert-OH is 1. The Labute approximate surface area is 166 Å². The van der Waals surface area contributed by atoms with Crippen molar-refractivity contribution in [2.24, 2.45) is 5.92 Å². The Kier molecular flexibility index (Phi) is 13.7. The number of piperidine rings is 1. The number of benzene rings is 1. The van der Waals surface area contributed by atoms with Gasteiger partial charge in [0, 0.05) is 19.1 Å². The maximum atomic E-state index is 10.8. The van der Waals surface area contributed by atoms with Gasteiger partial charge in [-0.3, -0.25) is 0 Å². The molecule has 1 aromatic carbocycles. The van der Waals surface area contributed by atoms with Crippen molar-refractivity contribution in [1.82, 2.24) is 10.2 Å². The summed E-state index contributed by atoms with van der Waals surface area (Å²) in [5.41, 5.74) is 1.02. The van der Waals surface area contributed by atoms with Gasteiger partial charge in [0.15, 0.2) is 0 Å². The second-order valence-electron chi connectivity index (χ2n) is 7.29. The highest BCUT2D eigenvalue weighted by atomic mass is 35.5. The lowest BCUT2D eigenvalue weighted by Crippen LogP contribution is -2.41. The molecule has 1 fully saturated rings. The first-order chi connectivity index (χ1) is 11.2. The van der Waals surface area contributed by atoms with Crippen molar-refractivity contribution < 1.29 is 5.11 Å². The number of hydrogen-bond donors (Lipinski definition) is 2. The van der Waals surface area contributed by atoms with Crippen molar-refractivity contribution in [2.45, 2.75) is 58.1 Å². The van der Waals surface area contributed by atoms with Gasteiger partial charge in [-0.05, 0) is 50.3 Å². The summed E-state index contributed by atoms with van der Waals surface area (Å²) in [6.07, 6.45) is 5.80. The van der Waals surface area contributed by atoms with E-state index in [1.54, 1.807) is 0 Å². The van der Waals surface area contributed by atoms with E-state index in [0.29, 0.717) is 5.92 Å². The summed E-state index contributed by atoms with van der Waals surface area (Å²) >= 11 is 0. The molecule has 0 bridgehead atoms. The number of nitrogens with zero attached hydrogens (tertiary/aromatic N) is 1. The van der Waals surface area contributed by atoms with Crippen molar-refractivity contribution in [3.63, 3.8) is 0 Å². The van der Waals surface area contributed by atoms with Crippen molar-refractivity contribution >= 4 is 24.8 Å². The monoisotopic (exact) mass is 390 g/mol. The molecule has 0 radical (unpaired) electrons. The number of likely N-dealkylation sites (tertiary alicyclic amines) is 1. The number of nitrogens with one attached hydrogen (secondary N) is 1. The zero-order chi connectivity index (χ0) is 16.5. The standard InChI is InChI=1S/C20H34N2O.2ClH/c1-17(2)11-12-19(20(23)18-9-5-3-6-10-18)21-13-16-22-14-7-4-8-15-22;;/h3,5-6,9-10,17,19-21,23H,4,7-8,11-16H2,1-2H3;2*1H. The minimum atomic E-state index is -0.420. The molecule has 146 valence electrons. The van der Waals surface area contributed by atoms with E-state index in [2.05, 4.69) is 24.1 Å². The number of rotatable bonds is 9. The average molecular weight is 391 g/mol. The molecule has 1 heterocycles. The zero-order valence-electron chi connectivity index (χ0n) is 15.7. The molecular formula is C20H36Cl2N2O. The predicted molar refractivity (Wildman–Crippen MR) is 112 cm³/mol. The third-order valence-electron chi connectivity index (χ3n) is 4.86. The summed E-state index contributed by atoms with van der Waals surface area (Å²) in [5, 5.41) is 14.4. The molecule has 0 amide bonds. The summed E-state index contributed by atoms with van der Waals surface area (Å²) < 4.78 is 0. The van der Waals surface area contributed by atoms with Gasteiger partial charge in [0.05, 0.1) is 6.10 Å². The second-order valence-corrected chi connectivity index (χ2v) is 7.29. The van der Waals surface area contributed by atoms with Crippen LogP contribution < -0.4 is 5.32 Å². The highest BCUT2D eigenvalue weighted by Gasteiger charge is 2.21. The molecule has 1 aliphatic heterocycles. The third-order valence-corrected chi connectivity index (χ3v) is 4.86. The van der Waals surface area contributed by atoms with E-state index >= 15 is 0 Å². The Bertz CT molecular complexity index is 425. The van der Waals surface area contributed by atoms with Crippen LogP contribution in [0.25, 0.3) is 0 Å². The van der Waals surface area contributed by atoms with Crippen molar-refractivity contribution in [3.05, 3.63) is 35.9 Å². The van der Waals surface area contributed by atoms with E-state index in [1.165, 1.54) is 32.4 Å². The number of hydrogen-bond acceptors (Lipinski definition) is 3. The molecule has 2 atom stereocenters. The van der Waals surface area contributed by atoms with E-state index in [9.17, 15) is 5.11 Å². The van der Waals surface area contributed by atoms with E-state index in [4.69, 9.17) is 0 Å². The van der Waals surface area contributed by atoms with Crippen LogP contribution in [0.2, 0.25) is 0 Å². The van der Waals surface area contributed by atoms with Gasteiger partial charge in [0.25, 0.3) is 0 Å². The Morgan fingerprint density at radius 3 is 2.24 bits per heavy atom. The minimum Gasteiger partial charge on any atom is -0.387 e. The summed E-state index contributed by atoms with van der Waals surface area (Å²) in [6.45, 7) is 9.03. The van der Waals surface area contributed by atoms with Gasteiger partial charge in [0.2, 0.25) is 0 Å². The lowest BCUT2D eigenvalue weighted by Gasteiger charge is -2.29. The van der Waals surface area contributed by atoms with Gasteiger partial charge >= 0.3 is 0 Å². The van der Waals surface area contributed by atoms with Crippen LogP contribution in [-0.4, -0.2) is 42.2 Å². The van der Waals surface area contributed by atoms with Gasteiger partial charge < -0.3 is 15.3 Å². The topological polar surface area (TPSA) is 35.5 Å². The first kappa shape index (κ1) is 24.7. The molecule has 1 aliphatic rings. The van der Waals surface area contributed by atoms with Crippen molar-refractivity contribution in [2.75, 3.05) is 26.2 Å². The van der Waals surface area contributed by atoms with Crippen LogP contribution >= 0.6 is 24.8 Å². The minimum absolute atomic E-state index is 0. The summed E-state index contributed by atoms with van der Waals surface area (Å²) in [5.74, 6) is 0.671. The van der Waals surface area contributed by atoms with Crippen LogP contribution in [-0.2, 0) is 0 Å². The Morgan fingerprint density at radius 2 is 1.64 bits per heavy atom. The van der Waals surface area contributed by atoms with Crippen LogP contribution in [0, 0.1) is 5.92 Å². The molecule has 5 heteroatoms. The van der Waals surface area contributed by atoms with E-state index in [1.807, 2.05) is 30.3 Å². The second kappa shape index (κ2) is 13.8. The van der Waals surface area contributed by atoms with Crippen LogP contribution in [0.15, 0.2) is 30.3 Å². The molecule has 1 saturated heterocycles. The molecule has 2 N–H and O–H groups in total. The van der Waals surface area contributed by atoms with Gasteiger partial charge in [-0.15, -0.1) is 24.8 Å². The van der Waals surface area contributed by atoms with Crippen LogP contribution in [0.4, 0.5) is 0 Å². The highest BCUT2D eigenvalue weighted by Crippen LogP contribution is 2.21. The van der Waals surface area contributed by atoms with Gasteiger partial charge in [-0.2, -0.15) is 0 Å². The van der Waals surface area contributed by atoms with Gasteiger partial charge in [-0.25, -0.2) is 0 Å². The van der Waals surface area contributed by atoms with E-state index < -0.39 is 6.10 Å². The quantitative estimate of drug-likeness (QED) is 0.653. The average Bonchev–Trinajstić information content (AvgIpc) is 2.59. The molecular weight excluding hydrogens is 355 g/mol. The molecule has 0 aliphatic carbocycles. The van der Waals surface area contributed by atoms with Crippen molar-refractivity contribution in [1.29, 1.82) is 0 Å². The summed E-state index contributed by atoms with van der Waals surface area (Å²) in [7, 11) is 0. The summed E-state index contributed by atoms with van der Waals surface area (Å²) in [4.78, 5) is 2.55. The van der Waals surface area contributed by atoms with E-state index in [0.717, 1.165) is 31.5 Å². The maximum absolute atomic E-state index is 10.8. The molecule has 0 aromatic heterocycles. The Morgan fingerprint density at radius 1 is 1.00 bits per heavy atom. The lowest BCUT2D eigenvalue weighted by molar-refractivity contribution is 0.117. The SMILES string of the molecule is CC(C)CCC(NCCN1CCCCC1)C(O)c1ccccc1.Cl.Cl. The highest BCUT2D eigenvalue weighted by molar-refractivity contribution is 5.85. The fourth-order valence-corrected chi connectivity index (χ4v) is 3.36. The molecule has 0 saturated carbocycles. The Hall–Kier alpha value is -0.320. The van der Waals surface area contributed by atoms with Crippen molar-refractivity contribution in [3.8, 4) is 0 Å². The third kappa shape index (κ3) is 9.25. The predicted octanol–water partition coefficient (Wildman–Crippen LogP) is 4.44. The molecule has 1 aromatic rings. The van der Waals surface area contributed by atoms with Gasteiger partial charge in [-0.1, -0.05) is 50.6 Å². The Balaban J connectivity index is 0.00000288. The molecule has 2 rings (SSSR count). The largest absolute Gasteiger partial charge is 0.387 e. The molecule has 2 unspecified atom stereocenters. The van der Waals surface area contributed by atoms with E-state index in [-0.39, 0.29) is 30.9 Å². The lowest BCUT2D eigenvalue weighted by atomic mass is 9.95. The first-order valence-electron chi connectivity index (χ1n) is 9.35. The fourth-order valence-electron chi connectivity index (χ4n) is 3.36. The van der Waals surface area contributed by atoms with Crippen LogP contribution in [0.1, 0.15) is 57.6 Å². The van der Waals surface area contributed by atoms with Gasteiger partial charge in [0.1, 0.15) is 0 Å². The zero-order valence-corrected chi connectivity index (χ0v) is 17.3. The molecule has 3 nitrogen and oxygen atoms in total.